The Morgan fingerprint density at radius 1 is 1.26 bits per heavy atom. The maximum atomic E-state index is 13.4. The lowest BCUT2D eigenvalue weighted by atomic mass is 10.3. The number of unbranched alkanes of at least 4 members (excludes halogenated alkanes) is 1. The van der Waals surface area contributed by atoms with E-state index in [1.807, 2.05) is 0 Å². The summed E-state index contributed by atoms with van der Waals surface area (Å²) in [4.78, 5) is 7.77. The van der Waals surface area contributed by atoms with Gasteiger partial charge in [-0.05, 0) is 12.8 Å². The summed E-state index contributed by atoms with van der Waals surface area (Å²) in [6.45, 7) is 2.54. The van der Waals surface area contributed by atoms with E-state index in [0.717, 1.165) is 19.0 Å². The quantitative estimate of drug-likeness (QED) is 0.629. The zero-order chi connectivity index (χ0) is 13.9. The van der Waals surface area contributed by atoms with Crippen LogP contribution in [0.5, 0.6) is 0 Å². The van der Waals surface area contributed by atoms with Crippen molar-refractivity contribution in [1.82, 2.24) is 9.97 Å². The highest BCUT2D eigenvalue weighted by atomic mass is 19.1. The molecule has 0 aliphatic rings. The Labute approximate surface area is 112 Å². The first-order valence-electron chi connectivity index (χ1n) is 6.28. The smallest absolute Gasteiger partial charge is 0.224 e. The number of halogens is 1. The largest absolute Gasteiger partial charge is 0.382 e. The molecule has 19 heavy (non-hydrogen) atoms. The average Bonchev–Trinajstić information content (AvgIpc) is 2.43. The molecule has 6 nitrogen and oxygen atoms in total. The molecule has 2 N–H and O–H groups in total. The van der Waals surface area contributed by atoms with Gasteiger partial charge in [0, 0.05) is 27.3 Å². The first kappa shape index (κ1) is 15.6. The Morgan fingerprint density at radius 3 is 2.84 bits per heavy atom. The number of hydrogen-bond acceptors (Lipinski definition) is 6. The second-order valence-electron chi connectivity index (χ2n) is 3.88. The van der Waals surface area contributed by atoms with Gasteiger partial charge in [-0.3, -0.25) is 0 Å². The molecule has 0 bridgehead atoms. The zero-order valence-corrected chi connectivity index (χ0v) is 11.4. The number of anilines is 2. The van der Waals surface area contributed by atoms with Crippen molar-refractivity contribution in [2.75, 3.05) is 51.2 Å². The molecule has 1 aromatic heterocycles. The van der Waals surface area contributed by atoms with Crippen molar-refractivity contribution in [3.8, 4) is 0 Å². The SMILES string of the molecule is CNc1ncc(F)c(NCCCCOCCOC)n1. The van der Waals surface area contributed by atoms with E-state index in [1.165, 1.54) is 0 Å². The van der Waals surface area contributed by atoms with Crippen molar-refractivity contribution in [2.24, 2.45) is 0 Å². The van der Waals surface area contributed by atoms with Gasteiger partial charge in [-0.2, -0.15) is 4.98 Å². The van der Waals surface area contributed by atoms with E-state index in [4.69, 9.17) is 9.47 Å². The van der Waals surface area contributed by atoms with Crippen molar-refractivity contribution in [1.29, 1.82) is 0 Å². The number of aromatic nitrogens is 2. The predicted octanol–water partition coefficient (Wildman–Crippen LogP) is 1.51. The molecule has 0 amide bonds. The Hall–Kier alpha value is -1.47. The third-order valence-electron chi connectivity index (χ3n) is 2.41. The van der Waals surface area contributed by atoms with Crippen LogP contribution in [0.25, 0.3) is 0 Å². The van der Waals surface area contributed by atoms with Crippen LogP contribution in [0.15, 0.2) is 6.20 Å². The Balaban J connectivity index is 2.15. The van der Waals surface area contributed by atoms with E-state index in [-0.39, 0.29) is 5.82 Å². The molecule has 108 valence electrons. The van der Waals surface area contributed by atoms with Crippen LogP contribution in [0.3, 0.4) is 0 Å². The van der Waals surface area contributed by atoms with Crippen LogP contribution >= 0.6 is 0 Å². The fourth-order valence-electron chi connectivity index (χ4n) is 1.39. The summed E-state index contributed by atoms with van der Waals surface area (Å²) < 4.78 is 23.6. The van der Waals surface area contributed by atoms with Crippen molar-refractivity contribution in [3.63, 3.8) is 0 Å². The number of ether oxygens (including phenoxy) is 2. The molecule has 0 fully saturated rings. The van der Waals surface area contributed by atoms with Crippen LogP contribution in [-0.2, 0) is 9.47 Å². The van der Waals surface area contributed by atoms with Gasteiger partial charge in [0.15, 0.2) is 11.6 Å². The van der Waals surface area contributed by atoms with Gasteiger partial charge in [-0.1, -0.05) is 0 Å². The van der Waals surface area contributed by atoms with Crippen molar-refractivity contribution in [3.05, 3.63) is 12.0 Å². The van der Waals surface area contributed by atoms with Crippen LogP contribution in [0.4, 0.5) is 16.2 Å². The molecular formula is C12H21FN4O2. The van der Waals surface area contributed by atoms with Crippen LogP contribution < -0.4 is 10.6 Å². The third kappa shape index (κ3) is 6.30. The number of methoxy groups -OCH3 is 1. The van der Waals surface area contributed by atoms with E-state index in [0.29, 0.717) is 32.3 Å². The minimum Gasteiger partial charge on any atom is -0.382 e. The number of nitrogens with zero attached hydrogens (tertiary/aromatic N) is 2. The van der Waals surface area contributed by atoms with Crippen molar-refractivity contribution < 1.29 is 13.9 Å². The topological polar surface area (TPSA) is 68.3 Å². The molecule has 1 aromatic rings. The summed E-state index contributed by atoms with van der Waals surface area (Å²) >= 11 is 0. The third-order valence-corrected chi connectivity index (χ3v) is 2.41. The lowest BCUT2D eigenvalue weighted by molar-refractivity contribution is 0.0691. The molecule has 0 aliphatic carbocycles. The minimum atomic E-state index is -0.449. The fourth-order valence-corrected chi connectivity index (χ4v) is 1.39. The number of nitrogens with one attached hydrogen (secondary N) is 2. The van der Waals surface area contributed by atoms with Gasteiger partial charge < -0.3 is 20.1 Å². The van der Waals surface area contributed by atoms with Crippen molar-refractivity contribution in [2.45, 2.75) is 12.8 Å². The molecule has 0 saturated heterocycles. The predicted molar refractivity (Wildman–Crippen MR) is 72.0 cm³/mol. The van der Waals surface area contributed by atoms with E-state index >= 15 is 0 Å². The van der Waals surface area contributed by atoms with E-state index in [1.54, 1.807) is 14.2 Å². The molecule has 0 unspecified atom stereocenters. The van der Waals surface area contributed by atoms with Gasteiger partial charge in [-0.25, -0.2) is 9.37 Å². The summed E-state index contributed by atoms with van der Waals surface area (Å²) in [6.07, 6.45) is 2.93. The highest BCUT2D eigenvalue weighted by molar-refractivity contribution is 5.40. The fraction of sp³-hybridized carbons (Fsp3) is 0.667. The second-order valence-corrected chi connectivity index (χ2v) is 3.88. The first-order chi connectivity index (χ1) is 9.27. The van der Waals surface area contributed by atoms with E-state index in [9.17, 15) is 4.39 Å². The maximum Gasteiger partial charge on any atom is 0.224 e. The summed E-state index contributed by atoms with van der Waals surface area (Å²) in [5.41, 5.74) is 0. The van der Waals surface area contributed by atoms with Gasteiger partial charge in [0.05, 0.1) is 19.4 Å². The summed E-state index contributed by atoms with van der Waals surface area (Å²) in [7, 11) is 3.33. The maximum absolute atomic E-state index is 13.4. The molecule has 1 rings (SSSR count). The standard InChI is InChI=1S/C12H21FN4O2/c1-14-12-16-9-10(13)11(17-12)15-5-3-4-6-19-8-7-18-2/h9H,3-8H2,1-2H3,(H2,14,15,16,17). The van der Waals surface area contributed by atoms with Gasteiger partial charge in [0.1, 0.15) is 0 Å². The van der Waals surface area contributed by atoms with Gasteiger partial charge in [-0.15, -0.1) is 0 Å². The highest BCUT2D eigenvalue weighted by Crippen LogP contribution is 2.11. The van der Waals surface area contributed by atoms with Crippen molar-refractivity contribution >= 4 is 11.8 Å². The van der Waals surface area contributed by atoms with E-state index < -0.39 is 5.82 Å². The lowest BCUT2D eigenvalue weighted by Crippen LogP contribution is -2.09. The summed E-state index contributed by atoms with van der Waals surface area (Å²) in [5.74, 6) is 0.168. The zero-order valence-electron chi connectivity index (χ0n) is 11.4. The number of rotatable bonds is 10. The average molecular weight is 272 g/mol. The molecule has 0 radical (unpaired) electrons. The summed E-state index contributed by atoms with van der Waals surface area (Å²) in [5, 5.41) is 5.71. The van der Waals surface area contributed by atoms with E-state index in [2.05, 4.69) is 20.6 Å². The molecule has 0 saturated carbocycles. The van der Waals surface area contributed by atoms with Crippen LogP contribution in [0.1, 0.15) is 12.8 Å². The molecule has 7 heteroatoms. The molecule has 0 aliphatic heterocycles. The normalized spacial score (nSPS) is 10.5. The Bertz CT molecular complexity index is 366. The molecule has 1 heterocycles. The monoisotopic (exact) mass is 272 g/mol. The minimum absolute atomic E-state index is 0.222. The second kappa shape index (κ2) is 9.46. The highest BCUT2D eigenvalue weighted by Gasteiger charge is 2.04. The summed E-state index contributed by atoms with van der Waals surface area (Å²) in [6, 6.07) is 0. The van der Waals surface area contributed by atoms with Crippen LogP contribution in [-0.4, -0.2) is 50.5 Å². The number of hydrogen-bond donors (Lipinski definition) is 2. The van der Waals surface area contributed by atoms with Crippen LogP contribution in [0, 0.1) is 5.82 Å². The molecular weight excluding hydrogens is 251 g/mol. The van der Waals surface area contributed by atoms with Gasteiger partial charge >= 0.3 is 0 Å². The Kier molecular flexibility index (Phi) is 7.76. The van der Waals surface area contributed by atoms with Gasteiger partial charge in [0.25, 0.3) is 0 Å². The molecule has 0 spiro atoms. The molecule has 0 aromatic carbocycles. The van der Waals surface area contributed by atoms with Gasteiger partial charge in [0.2, 0.25) is 5.95 Å². The molecule has 0 atom stereocenters. The Morgan fingerprint density at radius 2 is 2.11 bits per heavy atom. The van der Waals surface area contributed by atoms with Crippen LogP contribution in [0.2, 0.25) is 0 Å². The lowest BCUT2D eigenvalue weighted by Gasteiger charge is -2.08. The first-order valence-corrected chi connectivity index (χ1v) is 6.28.